The summed E-state index contributed by atoms with van der Waals surface area (Å²) < 4.78 is 0. The van der Waals surface area contributed by atoms with E-state index in [1.165, 1.54) is 6.92 Å². The molecule has 0 aromatic heterocycles. The number of β-amino-alcohol motifs (C(OH)–C–C–N with tert-alkyl or cyclic N) is 1. The molecule has 2 amide bonds. The Morgan fingerprint density at radius 3 is 2.48 bits per heavy atom. The maximum atomic E-state index is 12.5. The third-order valence-corrected chi connectivity index (χ3v) is 3.87. The Bertz CT molecular complexity index is 542. The lowest BCUT2D eigenvalue weighted by Gasteiger charge is -2.31. The standard InChI is InChI=1S/C16H22N2O3/c1-12(19)17-15(2,3)14(20)18-10-9-16(21,11-18)13-7-5-4-6-8-13/h4-8,21H,9-11H2,1-3H3,(H,17,19)/t16-/m0/s1. The van der Waals surface area contributed by atoms with Crippen LogP contribution in [0, 0.1) is 0 Å². The van der Waals surface area contributed by atoms with Crippen molar-refractivity contribution in [1.82, 2.24) is 10.2 Å². The van der Waals surface area contributed by atoms with Gasteiger partial charge in [-0.2, -0.15) is 0 Å². The summed E-state index contributed by atoms with van der Waals surface area (Å²) in [4.78, 5) is 25.3. The Labute approximate surface area is 125 Å². The monoisotopic (exact) mass is 290 g/mol. The molecule has 0 saturated carbocycles. The molecule has 0 radical (unpaired) electrons. The molecular formula is C16H22N2O3. The van der Waals surface area contributed by atoms with Crippen LogP contribution < -0.4 is 5.32 Å². The van der Waals surface area contributed by atoms with E-state index in [0.717, 1.165) is 5.56 Å². The molecule has 1 aromatic carbocycles. The van der Waals surface area contributed by atoms with Crippen LogP contribution in [0.5, 0.6) is 0 Å². The molecule has 114 valence electrons. The molecule has 21 heavy (non-hydrogen) atoms. The molecule has 1 fully saturated rings. The van der Waals surface area contributed by atoms with E-state index in [-0.39, 0.29) is 18.4 Å². The molecule has 5 heteroatoms. The highest BCUT2D eigenvalue weighted by Crippen LogP contribution is 2.32. The van der Waals surface area contributed by atoms with Gasteiger partial charge in [0, 0.05) is 13.5 Å². The second-order valence-electron chi connectivity index (χ2n) is 6.18. The van der Waals surface area contributed by atoms with Gasteiger partial charge in [-0.25, -0.2) is 0 Å². The second-order valence-corrected chi connectivity index (χ2v) is 6.18. The first-order valence-corrected chi connectivity index (χ1v) is 7.11. The summed E-state index contributed by atoms with van der Waals surface area (Å²) in [7, 11) is 0. The molecule has 0 spiro atoms. The van der Waals surface area contributed by atoms with Crippen molar-refractivity contribution in [1.29, 1.82) is 0 Å². The lowest BCUT2D eigenvalue weighted by molar-refractivity contribution is -0.140. The Morgan fingerprint density at radius 2 is 1.90 bits per heavy atom. The van der Waals surface area contributed by atoms with Gasteiger partial charge in [-0.15, -0.1) is 0 Å². The summed E-state index contributed by atoms with van der Waals surface area (Å²) in [6.45, 7) is 5.47. The van der Waals surface area contributed by atoms with E-state index in [0.29, 0.717) is 13.0 Å². The normalized spacial score (nSPS) is 22.2. The van der Waals surface area contributed by atoms with Crippen LogP contribution in [-0.4, -0.2) is 40.4 Å². The number of nitrogens with zero attached hydrogens (tertiary/aromatic N) is 1. The van der Waals surface area contributed by atoms with Crippen LogP contribution >= 0.6 is 0 Å². The van der Waals surface area contributed by atoms with E-state index in [4.69, 9.17) is 0 Å². The third-order valence-electron chi connectivity index (χ3n) is 3.87. The van der Waals surface area contributed by atoms with E-state index in [1.54, 1.807) is 18.7 Å². The van der Waals surface area contributed by atoms with Crippen molar-refractivity contribution in [2.24, 2.45) is 0 Å². The molecule has 2 N–H and O–H groups in total. The first-order chi connectivity index (χ1) is 9.74. The number of rotatable bonds is 3. The van der Waals surface area contributed by atoms with Gasteiger partial charge in [-0.1, -0.05) is 30.3 Å². The number of carbonyl (C=O) groups is 2. The Balaban J connectivity index is 2.12. The highest BCUT2D eigenvalue weighted by atomic mass is 16.3. The van der Waals surface area contributed by atoms with Crippen molar-refractivity contribution in [3.63, 3.8) is 0 Å². The smallest absolute Gasteiger partial charge is 0.247 e. The molecule has 1 aliphatic rings. The number of benzene rings is 1. The predicted octanol–water partition coefficient (Wildman–Crippen LogP) is 1.02. The summed E-state index contributed by atoms with van der Waals surface area (Å²) in [5.74, 6) is -0.421. The summed E-state index contributed by atoms with van der Waals surface area (Å²) in [6, 6.07) is 9.38. The van der Waals surface area contributed by atoms with E-state index < -0.39 is 11.1 Å². The minimum Gasteiger partial charge on any atom is -0.383 e. The lowest BCUT2D eigenvalue weighted by Crippen LogP contribution is -2.55. The fourth-order valence-corrected chi connectivity index (χ4v) is 2.84. The largest absolute Gasteiger partial charge is 0.383 e. The highest BCUT2D eigenvalue weighted by Gasteiger charge is 2.43. The first-order valence-electron chi connectivity index (χ1n) is 7.11. The summed E-state index contributed by atoms with van der Waals surface area (Å²) in [6.07, 6.45) is 0.499. The Morgan fingerprint density at radius 1 is 1.29 bits per heavy atom. The van der Waals surface area contributed by atoms with E-state index in [9.17, 15) is 14.7 Å². The SMILES string of the molecule is CC(=O)NC(C)(C)C(=O)N1CC[C@@](O)(c2ccccc2)C1. The zero-order valence-corrected chi connectivity index (χ0v) is 12.7. The van der Waals surface area contributed by atoms with Crippen molar-refractivity contribution in [2.45, 2.75) is 38.3 Å². The second kappa shape index (κ2) is 5.48. The average molecular weight is 290 g/mol. The zero-order chi connectivity index (χ0) is 15.7. The van der Waals surface area contributed by atoms with Crippen LogP contribution in [0.1, 0.15) is 32.8 Å². The molecule has 2 rings (SSSR count). The Kier molecular flexibility index (Phi) is 4.05. The van der Waals surface area contributed by atoms with E-state index in [1.807, 2.05) is 30.3 Å². The van der Waals surface area contributed by atoms with E-state index in [2.05, 4.69) is 5.32 Å². The van der Waals surface area contributed by atoms with Crippen molar-refractivity contribution < 1.29 is 14.7 Å². The van der Waals surface area contributed by atoms with Gasteiger partial charge < -0.3 is 15.3 Å². The quantitative estimate of drug-likeness (QED) is 0.873. The van der Waals surface area contributed by atoms with Gasteiger partial charge in [-0.3, -0.25) is 9.59 Å². The molecule has 1 aromatic rings. The topological polar surface area (TPSA) is 69.6 Å². The molecule has 1 saturated heterocycles. The number of nitrogens with one attached hydrogen (secondary N) is 1. The number of amides is 2. The minimum absolute atomic E-state index is 0.176. The number of aliphatic hydroxyl groups is 1. The molecule has 0 bridgehead atoms. The summed E-state index contributed by atoms with van der Waals surface area (Å²) >= 11 is 0. The Hall–Kier alpha value is -1.88. The number of hydrogen-bond donors (Lipinski definition) is 2. The fraction of sp³-hybridized carbons (Fsp3) is 0.500. The van der Waals surface area contributed by atoms with Crippen LogP contribution in [0.3, 0.4) is 0 Å². The molecule has 1 heterocycles. The van der Waals surface area contributed by atoms with Crippen molar-refractivity contribution in [2.75, 3.05) is 13.1 Å². The van der Waals surface area contributed by atoms with Crippen LogP contribution in [0.25, 0.3) is 0 Å². The van der Waals surface area contributed by atoms with Gasteiger partial charge in [0.15, 0.2) is 0 Å². The zero-order valence-electron chi connectivity index (χ0n) is 12.7. The first kappa shape index (κ1) is 15.5. The van der Waals surface area contributed by atoms with Crippen molar-refractivity contribution in [3.8, 4) is 0 Å². The number of carbonyl (C=O) groups excluding carboxylic acids is 2. The van der Waals surface area contributed by atoms with Gasteiger partial charge in [-0.05, 0) is 25.8 Å². The van der Waals surface area contributed by atoms with Gasteiger partial charge in [0.1, 0.15) is 11.1 Å². The maximum Gasteiger partial charge on any atom is 0.247 e. The van der Waals surface area contributed by atoms with Crippen molar-refractivity contribution >= 4 is 11.8 Å². The summed E-state index contributed by atoms with van der Waals surface area (Å²) in [5.41, 5.74) is -1.16. The molecular weight excluding hydrogens is 268 g/mol. The van der Waals surface area contributed by atoms with Crippen molar-refractivity contribution in [3.05, 3.63) is 35.9 Å². The molecule has 0 unspecified atom stereocenters. The lowest BCUT2D eigenvalue weighted by atomic mass is 9.93. The number of hydrogen-bond acceptors (Lipinski definition) is 3. The van der Waals surface area contributed by atoms with Gasteiger partial charge in [0.05, 0.1) is 6.54 Å². The van der Waals surface area contributed by atoms with Crippen LogP contribution in [0.4, 0.5) is 0 Å². The van der Waals surface area contributed by atoms with Gasteiger partial charge >= 0.3 is 0 Å². The van der Waals surface area contributed by atoms with Gasteiger partial charge in [0.25, 0.3) is 0 Å². The third kappa shape index (κ3) is 3.24. The van der Waals surface area contributed by atoms with Crippen LogP contribution in [0.2, 0.25) is 0 Å². The maximum absolute atomic E-state index is 12.5. The molecule has 0 aliphatic carbocycles. The number of likely N-dealkylation sites (tertiary alicyclic amines) is 1. The molecule has 1 atom stereocenters. The fourth-order valence-electron chi connectivity index (χ4n) is 2.84. The highest BCUT2D eigenvalue weighted by molar-refractivity contribution is 5.90. The average Bonchev–Trinajstić information content (AvgIpc) is 2.81. The van der Waals surface area contributed by atoms with Gasteiger partial charge in [0.2, 0.25) is 11.8 Å². The van der Waals surface area contributed by atoms with E-state index >= 15 is 0 Å². The van der Waals surface area contributed by atoms with Crippen LogP contribution in [0.15, 0.2) is 30.3 Å². The molecule has 5 nitrogen and oxygen atoms in total. The minimum atomic E-state index is -1.01. The predicted molar refractivity (Wildman–Crippen MR) is 79.4 cm³/mol. The van der Waals surface area contributed by atoms with Crippen LogP contribution in [-0.2, 0) is 15.2 Å². The molecule has 1 aliphatic heterocycles. The summed E-state index contributed by atoms with van der Waals surface area (Å²) in [5, 5.41) is 13.4.